The molecule has 2 aliphatic rings. The van der Waals surface area contributed by atoms with E-state index in [0.717, 1.165) is 43.6 Å². The highest BCUT2D eigenvalue weighted by molar-refractivity contribution is 5.98. The number of nitrogens with one attached hydrogen (secondary N) is 2. The van der Waals surface area contributed by atoms with E-state index in [9.17, 15) is 9.59 Å². The number of benzene rings is 1. The van der Waals surface area contributed by atoms with Gasteiger partial charge in [-0.05, 0) is 56.0 Å². The number of nitrogens with zero attached hydrogens (tertiary/aromatic N) is 1. The van der Waals surface area contributed by atoms with Crippen LogP contribution in [-0.4, -0.2) is 43.9 Å². The van der Waals surface area contributed by atoms with Gasteiger partial charge in [0.15, 0.2) is 0 Å². The lowest BCUT2D eigenvalue weighted by atomic mass is 9.67. The van der Waals surface area contributed by atoms with Crippen molar-refractivity contribution < 1.29 is 9.59 Å². The SMILES string of the molecule is Cc1cc(NC(=O)[C@@]23CCCC[C@H]2CNC3)ccc1C(=O)N(C)C.Cl. The Morgan fingerprint density at radius 2 is 2.04 bits per heavy atom. The van der Waals surface area contributed by atoms with Crippen LogP contribution in [0.15, 0.2) is 18.2 Å². The van der Waals surface area contributed by atoms with Crippen LogP contribution < -0.4 is 10.6 Å². The quantitative estimate of drug-likeness (QED) is 0.865. The summed E-state index contributed by atoms with van der Waals surface area (Å²) < 4.78 is 0. The maximum absolute atomic E-state index is 13.0. The van der Waals surface area contributed by atoms with Gasteiger partial charge in [0.1, 0.15) is 0 Å². The van der Waals surface area contributed by atoms with Crippen molar-refractivity contribution in [2.75, 3.05) is 32.5 Å². The number of anilines is 1. The normalized spacial score (nSPS) is 24.8. The van der Waals surface area contributed by atoms with Gasteiger partial charge in [0.2, 0.25) is 5.91 Å². The lowest BCUT2D eigenvalue weighted by molar-refractivity contribution is -0.128. The Balaban J connectivity index is 0.00000225. The molecule has 25 heavy (non-hydrogen) atoms. The highest BCUT2D eigenvalue weighted by atomic mass is 35.5. The summed E-state index contributed by atoms with van der Waals surface area (Å²) in [6.45, 7) is 3.63. The highest BCUT2D eigenvalue weighted by Gasteiger charge is 2.49. The summed E-state index contributed by atoms with van der Waals surface area (Å²) in [5.41, 5.74) is 2.07. The summed E-state index contributed by atoms with van der Waals surface area (Å²) in [4.78, 5) is 26.7. The summed E-state index contributed by atoms with van der Waals surface area (Å²) in [7, 11) is 3.49. The molecule has 1 saturated heterocycles. The minimum Gasteiger partial charge on any atom is -0.345 e. The minimum atomic E-state index is -0.260. The average Bonchev–Trinajstić information content (AvgIpc) is 2.99. The lowest BCUT2D eigenvalue weighted by Crippen LogP contribution is -2.44. The molecule has 0 radical (unpaired) electrons. The first-order valence-corrected chi connectivity index (χ1v) is 8.78. The van der Waals surface area contributed by atoms with Crippen molar-refractivity contribution in [1.82, 2.24) is 10.2 Å². The lowest BCUT2D eigenvalue weighted by Gasteiger charge is -2.37. The van der Waals surface area contributed by atoms with Crippen molar-refractivity contribution in [2.45, 2.75) is 32.6 Å². The number of hydrogen-bond acceptors (Lipinski definition) is 3. The van der Waals surface area contributed by atoms with E-state index in [1.54, 1.807) is 25.1 Å². The van der Waals surface area contributed by atoms with E-state index in [2.05, 4.69) is 10.6 Å². The molecule has 1 aliphatic carbocycles. The summed E-state index contributed by atoms with van der Waals surface area (Å²) in [5, 5.41) is 6.51. The molecule has 1 aromatic rings. The summed E-state index contributed by atoms with van der Waals surface area (Å²) in [5.74, 6) is 0.557. The van der Waals surface area contributed by atoms with Gasteiger partial charge in [-0.2, -0.15) is 0 Å². The van der Waals surface area contributed by atoms with Gasteiger partial charge >= 0.3 is 0 Å². The van der Waals surface area contributed by atoms with Crippen LogP contribution in [0.3, 0.4) is 0 Å². The second-order valence-corrected chi connectivity index (χ2v) is 7.41. The van der Waals surface area contributed by atoms with E-state index >= 15 is 0 Å². The van der Waals surface area contributed by atoms with Gasteiger partial charge in [0, 0.05) is 31.9 Å². The fraction of sp³-hybridized carbons (Fsp3) is 0.579. The van der Waals surface area contributed by atoms with Crippen molar-refractivity contribution in [2.24, 2.45) is 11.3 Å². The predicted octanol–water partition coefficient (Wildman–Crippen LogP) is 2.84. The van der Waals surface area contributed by atoms with Crippen LogP contribution in [0.1, 0.15) is 41.6 Å². The Bertz CT molecular complexity index is 662. The second-order valence-electron chi connectivity index (χ2n) is 7.41. The summed E-state index contributed by atoms with van der Waals surface area (Å²) in [6.07, 6.45) is 4.45. The molecule has 1 heterocycles. The van der Waals surface area contributed by atoms with Crippen molar-refractivity contribution in [3.63, 3.8) is 0 Å². The van der Waals surface area contributed by atoms with Crippen LogP contribution in [0.4, 0.5) is 5.69 Å². The zero-order valence-corrected chi connectivity index (χ0v) is 16.0. The molecule has 2 atom stereocenters. The number of carbonyl (C=O) groups excluding carboxylic acids is 2. The molecule has 2 N–H and O–H groups in total. The Labute approximate surface area is 155 Å². The smallest absolute Gasteiger partial charge is 0.253 e. The van der Waals surface area contributed by atoms with Crippen molar-refractivity contribution in [3.05, 3.63) is 29.3 Å². The molecular formula is C19H28ClN3O2. The third-order valence-corrected chi connectivity index (χ3v) is 5.61. The van der Waals surface area contributed by atoms with Crippen molar-refractivity contribution in [1.29, 1.82) is 0 Å². The van der Waals surface area contributed by atoms with Gasteiger partial charge in [0.25, 0.3) is 5.91 Å². The van der Waals surface area contributed by atoms with Crippen LogP contribution >= 0.6 is 12.4 Å². The third-order valence-electron chi connectivity index (χ3n) is 5.61. The van der Waals surface area contributed by atoms with E-state index in [0.29, 0.717) is 11.5 Å². The molecule has 3 rings (SSSR count). The second kappa shape index (κ2) is 7.75. The molecular weight excluding hydrogens is 338 g/mol. The number of rotatable bonds is 3. The third kappa shape index (κ3) is 3.67. The number of carbonyl (C=O) groups is 2. The number of aryl methyl sites for hydroxylation is 1. The molecule has 5 nitrogen and oxygen atoms in total. The van der Waals surface area contributed by atoms with Gasteiger partial charge in [-0.1, -0.05) is 12.8 Å². The molecule has 2 amide bonds. The summed E-state index contributed by atoms with van der Waals surface area (Å²) >= 11 is 0. The maximum atomic E-state index is 13.0. The van der Waals surface area contributed by atoms with Crippen LogP contribution in [0.25, 0.3) is 0 Å². The highest BCUT2D eigenvalue weighted by Crippen LogP contribution is 2.44. The summed E-state index contributed by atoms with van der Waals surface area (Å²) in [6, 6.07) is 5.53. The van der Waals surface area contributed by atoms with Gasteiger partial charge in [-0.3, -0.25) is 9.59 Å². The zero-order chi connectivity index (χ0) is 17.3. The van der Waals surface area contributed by atoms with Crippen LogP contribution in [0.5, 0.6) is 0 Å². The molecule has 0 spiro atoms. The Morgan fingerprint density at radius 3 is 2.72 bits per heavy atom. The monoisotopic (exact) mass is 365 g/mol. The molecule has 1 aliphatic heterocycles. The van der Waals surface area contributed by atoms with Crippen molar-refractivity contribution >= 4 is 29.9 Å². The van der Waals surface area contributed by atoms with E-state index < -0.39 is 0 Å². The Kier molecular flexibility index (Phi) is 6.12. The van der Waals surface area contributed by atoms with E-state index in [1.165, 1.54) is 6.42 Å². The first-order chi connectivity index (χ1) is 11.4. The number of amides is 2. The molecule has 1 saturated carbocycles. The zero-order valence-electron chi connectivity index (χ0n) is 15.2. The molecule has 6 heteroatoms. The minimum absolute atomic E-state index is 0. The van der Waals surface area contributed by atoms with E-state index in [-0.39, 0.29) is 29.6 Å². The number of fused-ring (bicyclic) bond motifs is 1. The van der Waals surface area contributed by atoms with Gasteiger partial charge < -0.3 is 15.5 Å². The number of halogens is 1. The fourth-order valence-corrected chi connectivity index (χ4v) is 4.17. The first kappa shape index (κ1) is 19.7. The largest absolute Gasteiger partial charge is 0.345 e. The van der Waals surface area contributed by atoms with E-state index in [4.69, 9.17) is 0 Å². The molecule has 1 aromatic carbocycles. The molecule has 0 bridgehead atoms. The van der Waals surface area contributed by atoms with Crippen LogP contribution in [0.2, 0.25) is 0 Å². The number of hydrogen-bond donors (Lipinski definition) is 2. The first-order valence-electron chi connectivity index (χ1n) is 8.78. The molecule has 138 valence electrons. The van der Waals surface area contributed by atoms with Gasteiger partial charge in [-0.15, -0.1) is 12.4 Å². The van der Waals surface area contributed by atoms with Gasteiger partial charge in [0.05, 0.1) is 5.41 Å². The molecule has 0 unspecified atom stereocenters. The van der Waals surface area contributed by atoms with Crippen LogP contribution in [-0.2, 0) is 4.79 Å². The molecule has 2 fully saturated rings. The van der Waals surface area contributed by atoms with Crippen molar-refractivity contribution in [3.8, 4) is 0 Å². The Hall–Kier alpha value is -1.59. The maximum Gasteiger partial charge on any atom is 0.253 e. The Morgan fingerprint density at radius 1 is 1.28 bits per heavy atom. The van der Waals surface area contributed by atoms with Crippen LogP contribution in [0, 0.1) is 18.3 Å². The van der Waals surface area contributed by atoms with Gasteiger partial charge in [-0.25, -0.2) is 0 Å². The molecule has 0 aromatic heterocycles. The predicted molar refractivity (Wildman–Crippen MR) is 102 cm³/mol. The topological polar surface area (TPSA) is 61.4 Å². The standard InChI is InChI=1S/C19H27N3O2.ClH/c1-13-10-15(7-8-16(13)17(23)22(2)3)21-18(24)19-9-5-4-6-14(19)11-20-12-19;/h7-8,10,14,20H,4-6,9,11-12H2,1-3H3,(H,21,24);1H/t14-,19+;/m0./s1. The fourth-order valence-electron chi connectivity index (χ4n) is 4.17. The average molecular weight is 366 g/mol. The van der Waals surface area contributed by atoms with E-state index in [1.807, 2.05) is 19.1 Å².